The Balaban J connectivity index is 2.17. The molecule has 0 aliphatic heterocycles. The highest BCUT2D eigenvalue weighted by Gasteiger charge is 2.13. The first-order chi connectivity index (χ1) is 9.90. The van der Waals surface area contributed by atoms with Crippen molar-refractivity contribution in [2.45, 2.75) is 19.9 Å². The standard InChI is InChI=1S/C14H16Cl2N4O/c1-9-4-5-10(14(16)13(9)15)11-8-20(18-17-11)7-6-12(21)19(2)3/h4-5,8H,6-7H2,1-3H3. The van der Waals surface area contributed by atoms with E-state index in [1.165, 1.54) is 0 Å². The molecule has 0 unspecified atom stereocenters. The maximum atomic E-state index is 11.6. The van der Waals surface area contributed by atoms with Crippen molar-refractivity contribution in [3.8, 4) is 11.3 Å². The van der Waals surface area contributed by atoms with Crippen LogP contribution in [0.2, 0.25) is 10.0 Å². The first-order valence-corrected chi connectivity index (χ1v) is 7.21. The van der Waals surface area contributed by atoms with Crippen molar-refractivity contribution in [1.82, 2.24) is 19.9 Å². The molecular weight excluding hydrogens is 311 g/mol. The third-order valence-corrected chi connectivity index (χ3v) is 4.12. The molecule has 0 bridgehead atoms. The van der Waals surface area contributed by atoms with Gasteiger partial charge in [0.1, 0.15) is 5.69 Å². The maximum Gasteiger partial charge on any atom is 0.223 e. The zero-order chi connectivity index (χ0) is 15.6. The lowest BCUT2D eigenvalue weighted by molar-refractivity contribution is -0.128. The molecule has 1 aromatic heterocycles. The molecule has 21 heavy (non-hydrogen) atoms. The Kier molecular flexibility index (Phi) is 4.85. The van der Waals surface area contributed by atoms with Crippen LogP contribution in [0.1, 0.15) is 12.0 Å². The fraction of sp³-hybridized carbons (Fsp3) is 0.357. The second-order valence-corrected chi connectivity index (χ2v) is 5.72. The zero-order valence-electron chi connectivity index (χ0n) is 12.1. The largest absolute Gasteiger partial charge is 0.349 e. The molecule has 0 aliphatic rings. The van der Waals surface area contributed by atoms with Crippen LogP contribution in [0.25, 0.3) is 11.3 Å². The number of hydrogen-bond donors (Lipinski definition) is 0. The summed E-state index contributed by atoms with van der Waals surface area (Å²) in [6, 6.07) is 3.75. The average molecular weight is 327 g/mol. The normalized spacial score (nSPS) is 10.7. The van der Waals surface area contributed by atoms with Gasteiger partial charge in [0.25, 0.3) is 0 Å². The molecule has 0 saturated carbocycles. The third kappa shape index (κ3) is 3.54. The van der Waals surface area contributed by atoms with E-state index in [2.05, 4.69) is 10.3 Å². The Morgan fingerprint density at radius 2 is 2.00 bits per heavy atom. The van der Waals surface area contributed by atoms with E-state index in [0.29, 0.717) is 28.7 Å². The summed E-state index contributed by atoms with van der Waals surface area (Å²) in [6.45, 7) is 2.36. The highest BCUT2D eigenvalue weighted by molar-refractivity contribution is 6.44. The molecule has 7 heteroatoms. The average Bonchev–Trinajstić information content (AvgIpc) is 2.90. The van der Waals surface area contributed by atoms with Crippen molar-refractivity contribution in [1.29, 1.82) is 0 Å². The molecule has 5 nitrogen and oxygen atoms in total. The van der Waals surface area contributed by atoms with E-state index in [-0.39, 0.29) is 5.91 Å². The van der Waals surface area contributed by atoms with E-state index >= 15 is 0 Å². The van der Waals surface area contributed by atoms with E-state index in [0.717, 1.165) is 11.1 Å². The van der Waals surface area contributed by atoms with Gasteiger partial charge in [-0.2, -0.15) is 0 Å². The molecular formula is C14H16Cl2N4O. The second-order valence-electron chi connectivity index (χ2n) is 4.96. The Morgan fingerprint density at radius 3 is 2.67 bits per heavy atom. The highest BCUT2D eigenvalue weighted by Crippen LogP contribution is 2.34. The first kappa shape index (κ1) is 15.8. The summed E-state index contributed by atoms with van der Waals surface area (Å²) in [5.41, 5.74) is 2.28. The van der Waals surface area contributed by atoms with Crippen LogP contribution in [0.4, 0.5) is 0 Å². The van der Waals surface area contributed by atoms with Crippen LogP contribution in [-0.2, 0) is 11.3 Å². The van der Waals surface area contributed by atoms with Crippen molar-refractivity contribution in [2.24, 2.45) is 0 Å². The quantitative estimate of drug-likeness (QED) is 0.867. The summed E-state index contributed by atoms with van der Waals surface area (Å²) in [4.78, 5) is 13.1. The molecule has 0 atom stereocenters. The van der Waals surface area contributed by atoms with Gasteiger partial charge < -0.3 is 4.90 Å². The van der Waals surface area contributed by atoms with Gasteiger partial charge in [-0.05, 0) is 12.5 Å². The topological polar surface area (TPSA) is 51.0 Å². The molecule has 0 radical (unpaired) electrons. The zero-order valence-corrected chi connectivity index (χ0v) is 13.6. The number of hydrogen-bond acceptors (Lipinski definition) is 3. The van der Waals surface area contributed by atoms with Gasteiger partial charge in [-0.25, -0.2) is 0 Å². The minimum atomic E-state index is 0.0449. The van der Waals surface area contributed by atoms with Gasteiger partial charge in [0.2, 0.25) is 5.91 Å². The Hall–Kier alpha value is -1.59. The molecule has 2 rings (SSSR count). The Bertz CT molecular complexity index is 667. The molecule has 1 aromatic carbocycles. The van der Waals surface area contributed by atoms with E-state index in [4.69, 9.17) is 23.2 Å². The Morgan fingerprint density at radius 1 is 1.29 bits per heavy atom. The van der Waals surface area contributed by atoms with Crippen LogP contribution in [-0.4, -0.2) is 39.9 Å². The van der Waals surface area contributed by atoms with Crippen LogP contribution in [0, 0.1) is 6.92 Å². The van der Waals surface area contributed by atoms with Gasteiger partial charge in [0.05, 0.1) is 22.8 Å². The highest BCUT2D eigenvalue weighted by atomic mass is 35.5. The minimum Gasteiger partial charge on any atom is -0.349 e. The van der Waals surface area contributed by atoms with Crippen molar-refractivity contribution in [3.05, 3.63) is 33.9 Å². The molecule has 0 saturated heterocycles. The summed E-state index contributed by atoms with van der Waals surface area (Å²) in [5, 5.41) is 9.08. The molecule has 112 valence electrons. The van der Waals surface area contributed by atoms with Crippen LogP contribution >= 0.6 is 23.2 Å². The van der Waals surface area contributed by atoms with Crippen LogP contribution in [0.3, 0.4) is 0 Å². The molecule has 2 aromatic rings. The first-order valence-electron chi connectivity index (χ1n) is 6.45. The number of carbonyl (C=O) groups is 1. The number of aryl methyl sites for hydroxylation is 2. The number of rotatable bonds is 4. The summed E-state index contributed by atoms with van der Waals surface area (Å²) < 4.78 is 1.63. The van der Waals surface area contributed by atoms with Crippen molar-refractivity contribution in [3.63, 3.8) is 0 Å². The fourth-order valence-corrected chi connectivity index (χ4v) is 2.28. The van der Waals surface area contributed by atoms with Crippen LogP contribution in [0.5, 0.6) is 0 Å². The monoisotopic (exact) mass is 326 g/mol. The van der Waals surface area contributed by atoms with E-state index in [9.17, 15) is 4.79 Å². The molecule has 1 heterocycles. The molecule has 1 amide bonds. The fourth-order valence-electron chi connectivity index (χ4n) is 1.81. The number of aromatic nitrogens is 3. The van der Waals surface area contributed by atoms with Gasteiger partial charge in [-0.1, -0.05) is 40.5 Å². The number of carbonyl (C=O) groups excluding carboxylic acids is 1. The lowest BCUT2D eigenvalue weighted by Crippen LogP contribution is -2.22. The smallest absolute Gasteiger partial charge is 0.223 e. The van der Waals surface area contributed by atoms with Gasteiger partial charge in [-0.15, -0.1) is 5.10 Å². The number of nitrogens with zero attached hydrogens (tertiary/aromatic N) is 4. The van der Waals surface area contributed by atoms with Crippen molar-refractivity contribution >= 4 is 29.1 Å². The van der Waals surface area contributed by atoms with E-state index < -0.39 is 0 Å². The summed E-state index contributed by atoms with van der Waals surface area (Å²) in [6.07, 6.45) is 2.13. The lowest BCUT2D eigenvalue weighted by atomic mass is 10.1. The molecule has 0 spiro atoms. The number of benzene rings is 1. The third-order valence-electron chi connectivity index (χ3n) is 3.14. The van der Waals surface area contributed by atoms with Gasteiger partial charge in [0, 0.05) is 26.1 Å². The van der Waals surface area contributed by atoms with Crippen LogP contribution < -0.4 is 0 Å². The van der Waals surface area contributed by atoms with E-state index in [1.54, 1.807) is 29.9 Å². The minimum absolute atomic E-state index is 0.0449. The van der Waals surface area contributed by atoms with Crippen LogP contribution in [0.15, 0.2) is 18.3 Å². The molecule has 0 aliphatic carbocycles. The summed E-state index contributed by atoms with van der Waals surface area (Å²) >= 11 is 12.4. The van der Waals surface area contributed by atoms with Gasteiger partial charge in [0.15, 0.2) is 0 Å². The Labute approximate surface area is 133 Å². The molecule has 0 N–H and O–H groups in total. The lowest BCUT2D eigenvalue weighted by Gasteiger charge is -2.09. The van der Waals surface area contributed by atoms with Crippen molar-refractivity contribution < 1.29 is 4.79 Å². The molecule has 0 fully saturated rings. The van der Waals surface area contributed by atoms with Gasteiger partial charge >= 0.3 is 0 Å². The number of halogens is 2. The second kappa shape index (κ2) is 6.45. The van der Waals surface area contributed by atoms with Gasteiger partial charge in [-0.3, -0.25) is 9.48 Å². The van der Waals surface area contributed by atoms with E-state index in [1.807, 2.05) is 19.1 Å². The SMILES string of the molecule is Cc1ccc(-c2cn(CCC(=O)N(C)C)nn2)c(Cl)c1Cl. The summed E-state index contributed by atoms with van der Waals surface area (Å²) in [5.74, 6) is 0.0449. The number of amides is 1. The predicted molar refractivity (Wildman–Crippen MR) is 83.5 cm³/mol. The van der Waals surface area contributed by atoms with Crippen molar-refractivity contribution in [2.75, 3.05) is 14.1 Å². The maximum absolute atomic E-state index is 11.6. The predicted octanol–water partition coefficient (Wildman–Crippen LogP) is 3.04. The summed E-state index contributed by atoms with van der Waals surface area (Å²) in [7, 11) is 3.45.